The van der Waals surface area contributed by atoms with E-state index in [0.29, 0.717) is 17.3 Å². The van der Waals surface area contributed by atoms with E-state index in [-0.39, 0.29) is 0 Å². The van der Waals surface area contributed by atoms with Crippen LogP contribution in [-0.2, 0) is 6.54 Å². The van der Waals surface area contributed by atoms with Crippen molar-refractivity contribution < 1.29 is 4.74 Å². The van der Waals surface area contributed by atoms with E-state index in [4.69, 9.17) is 33.7 Å². The third-order valence-electron chi connectivity index (χ3n) is 2.88. The van der Waals surface area contributed by atoms with Gasteiger partial charge in [-0.25, -0.2) is 0 Å². The topological polar surface area (TPSA) is 35.2 Å². The first-order chi connectivity index (χ1) is 9.01. The Bertz CT molecular complexity index is 588. The van der Waals surface area contributed by atoms with Crippen LogP contribution in [-0.4, -0.2) is 0 Å². The van der Waals surface area contributed by atoms with Crippen molar-refractivity contribution in [3.63, 3.8) is 0 Å². The summed E-state index contributed by atoms with van der Waals surface area (Å²) in [6.07, 6.45) is 0. The van der Waals surface area contributed by atoms with Gasteiger partial charge in [-0.3, -0.25) is 0 Å². The summed E-state index contributed by atoms with van der Waals surface area (Å²) in [5.41, 5.74) is 8.54. The molecule has 2 aromatic carbocycles. The molecule has 0 unspecified atom stereocenters. The highest BCUT2D eigenvalue weighted by Crippen LogP contribution is 2.31. The zero-order chi connectivity index (χ0) is 14.0. The third kappa shape index (κ3) is 3.21. The molecule has 0 spiro atoms. The number of ether oxygens (including phenoxy) is 1. The Labute approximate surface area is 123 Å². The van der Waals surface area contributed by atoms with Crippen LogP contribution in [0.25, 0.3) is 0 Å². The summed E-state index contributed by atoms with van der Waals surface area (Å²) in [6.45, 7) is 4.28. The van der Waals surface area contributed by atoms with Gasteiger partial charge in [0.25, 0.3) is 0 Å². The summed E-state index contributed by atoms with van der Waals surface area (Å²) >= 11 is 12.1. The number of rotatable bonds is 3. The summed E-state index contributed by atoms with van der Waals surface area (Å²) < 4.78 is 5.87. The second-order valence-electron chi connectivity index (χ2n) is 4.43. The van der Waals surface area contributed by atoms with Gasteiger partial charge in [0.15, 0.2) is 0 Å². The molecule has 100 valence electrons. The van der Waals surface area contributed by atoms with Crippen molar-refractivity contribution >= 4 is 23.2 Å². The highest BCUT2D eigenvalue weighted by Gasteiger charge is 2.08. The lowest BCUT2D eigenvalue weighted by Gasteiger charge is -2.12. The zero-order valence-corrected chi connectivity index (χ0v) is 12.3. The minimum Gasteiger partial charge on any atom is -0.457 e. The molecule has 0 aliphatic rings. The molecule has 2 N–H and O–H groups in total. The molecule has 0 atom stereocenters. The van der Waals surface area contributed by atoms with E-state index < -0.39 is 0 Å². The van der Waals surface area contributed by atoms with Gasteiger partial charge in [-0.15, -0.1) is 0 Å². The van der Waals surface area contributed by atoms with Crippen LogP contribution in [0.3, 0.4) is 0 Å². The largest absolute Gasteiger partial charge is 0.457 e. The molecule has 2 nitrogen and oxygen atoms in total. The van der Waals surface area contributed by atoms with Gasteiger partial charge in [-0.05, 0) is 55.3 Å². The van der Waals surface area contributed by atoms with E-state index in [1.807, 2.05) is 38.1 Å². The van der Waals surface area contributed by atoms with Crippen LogP contribution in [0.4, 0.5) is 0 Å². The smallest absolute Gasteiger partial charge is 0.132 e. The first kappa shape index (κ1) is 14.2. The predicted molar refractivity (Wildman–Crippen MR) is 80.3 cm³/mol. The first-order valence-corrected chi connectivity index (χ1v) is 6.70. The number of hydrogen-bond donors (Lipinski definition) is 1. The average Bonchev–Trinajstić information content (AvgIpc) is 2.38. The Hall–Kier alpha value is -1.22. The highest BCUT2D eigenvalue weighted by molar-refractivity contribution is 6.32. The summed E-state index contributed by atoms with van der Waals surface area (Å²) in [6, 6.07) is 9.23. The molecule has 0 aliphatic carbocycles. The molecule has 0 saturated carbocycles. The van der Waals surface area contributed by atoms with Crippen molar-refractivity contribution in [2.24, 2.45) is 5.73 Å². The molecule has 0 fully saturated rings. The van der Waals surface area contributed by atoms with Crippen molar-refractivity contribution in [2.75, 3.05) is 0 Å². The molecule has 2 rings (SSSR count). The van der Waals surface area contributed by atoms with Gasteiger partial charge in [0.1, 0.15) is 11.5 Å². The van der Waals surface area contributed by atoms with E-state index in [0.717, 1.165) is 27.5 Å². The van der Waals surface area contributed by atoms with Crippen molar-refractivity contribution in [3.05, 3.63) is 57.1 Å². The molecule has 0 aromatic heterocycles. The van der Waals surface area contributed by atoms with Gasteiger partial charge in [0.05, 0.1) is 0 Å². The molecule has 0 bridgehead atoms. The number of nitrogens with two attached hydrogens (primary N) is 1. The van der Waals surface area contributed by atoms with E-state index in [1.165, 1.54) is 0 Å². The van der Waals surface area contributed by atoms with Crippen molar-refractivity contribution in [2.45, 2.75) is 20.4 Å². The lowest BCUT2D eigenvalue weighted by atomic mass is 10.1. The number of halogens is 2. The summed E-state index contributed by atoms with van der Waals surface area (Å²) in [4.78, 5) is 0. The van der Waals surface area contributed by atoms with E-state index in [1.54, 1.807) is 6.07 Å². The SMILES string of the molecule is Cc1cc(Oc2ccc(Cl)cc2CN)cc(C)c1Cl. The predicted octanol–water partition coefficient (Wildman–Crippen LogP) is 4.86. The first-order valence-electron chi connectivity index (χ1n) is 5.94. The van der Waals surface area contributed by atoms with Crippen LogP contribution in [0, 0.1) is 13.8 Å². The Balaban J connectivity index is 2.36. The van der Waals surface area contributed by atoms with Crippen molar-refractivity contribution in [1.29, 1.82) is 0 Å². The lowest BCUT2D eigenvalue weighted by Crippen LogP contribution is -1.99. The molecule has 0 aliphatic heterocycles. The number of hydrogen-bond acceptors (Lipinski definition) is 2. The highest BCUT2D eigenvalue weighted by atomic mass is 35.5. The fraction of sp³-hybridized carbons (Fsp3) is 0.200. The minimum atomic E-state index is 0.376. The molecule has 0 saturated heterocycles. The maximum atomic E-state index is 6.14. The lowest BCUT2D eigenvalue weighted by molar-refractivity contribution is 0.475. The molecule has 4 heteroatoms. The van der Waals surface area contributed by atoms with E-state index in [9.17, 15) is 0 Å². The van der Waals surface area contributed by atoms with Crippen molar-refractivity contribution in [1.82, 2.24) is 0 Å². The number of benzene rings is 2. The van der Waals surface area contributed by atoms with Crippen LogP contribution in [0.1, 0.15) is 16.7 Å². The summed E-state index contributed by atoms with van der Waals surface area (Å²) in [5.74, 6) is 1.46. The molecule has 0 heterocycles. The second kappa shape index (κ2) is 5.83. The summed E-state index contributed by atoms with van der Waals surface area (Å²) in [5, 5.41) is 1.42. The Morgan fingerprint density at radius 2 is 1.68 bits per heavy atom. The van der Waals surface area contributed by atoms with Gasteiger partial charge < -0.3 is 10.5 Å². The minimum absolute atomic E-state index is 0.376. The van der Waals surface area contributed by atoms with Crippen molar-refractivity contribution in [3.8, 4) is 11.5 Å². The van der Waals surface area contributed by atoms with Gasteiger partial charge in [-0.2, -0.15) is 0 Å². The second-order valence-corrected chi connectivity index (χ2v) is 5.24. The maximum Gasteiger partial charge on any atom is 0.132 e. The Morgan fingerprint density at radius 1 is 1.05 bits per heavy atom. The van der Waals surface area contributed by atoms with Gasteiger partial charge >= 0.3 is 0 Å². The third-order valence-corrected chi connectivity index (χ3v) is 3.71. The molecule has 0 amide bonds. The Morgan fingerprint density at radius 3 is 2.26 bits per heavy atom. The Kier molecular flexibility index (Phi) is 4.35. The van der Waals surface area contributed by atoms with Gasteiger partial charge in [0.2, 0.25) is 0 Å². The van der Waals surface area contributed by atoms with Crippen LogP contribution in [0.2, 0.25) is 10.0 Å². The van der Waals surface area contributed by atoms with Crippen LogP contribution in [0.5, 0.6) is 11.5 Å². The van der Waals surface area contributed by atoms with Crippen LogP contribution < -0.4 is 10.5 Å². The summed E-state index contributed by atoms with van der Waals surface area (Å²) in [7, 11) is 0. The van der Waals surface area contributed by atoms with Crippen LogP contribution >= 0.6 is 23.2 Å². The standard InChI is InChI=1S/C15H15Cl2NO/c1-9-5-13(6-10(2)15(9)17)19-14-4-3-12(16)7-11(14)8-18/h3-7H,8,18H2,1-2H3. The molecule has 2 aromatic rings. The molecule has 0 radical (unpaired) electrons. The fourth-order valence-corrected chi connectivity index (χ4v) is 2.20. The normalized spacial score (nSPS) is 10.6. The number of aryl methyl sites for hydroxylation is 2. The molecule has 19 heavy (non-hydrogen) atoms. The quantitative estimate of drug-likeness (QED) is 0.877. The fourth-order valence-electron chi connectivity index (χ4n) is 1.90. The van der Waals surface area contributed by atoms with Crippen LogP contribution in [0.15, 0.2) is 30.3 Å². The maximum absolute atomic E-state index is 6.14. The monoisotopic (exact) mass is 295 g/mol. The molecular weight excluding hydrogens is 281 g/mol. The van der Waals surface area contributed by atoms with Gasteiger partial charge in [0, 0.05) is 22.2 Å². The van der Waals surface area contributed by atoms with Gasteiger partial charge in [-0.1, -0.05) is 23.2 Å². The average molecular weight is 296 g/mol. The van der Waals surface area contributed by atoms with E-state index in [2.05, 4.69) is 0 Å². The zero-order valence-electron chi connectivity index (χ0n) is 10.8. The molecular formula is C15H15Cl2NO. The van der Waals surface area contributed by atoms with E-state index >= 15 is 0 Å².